The molecule has 0 spiro atoms. The minimum atomic E-state index is -3.12. The van der Waals surface area contributed by atoms with E-state index in [0.717, 1.165) is 0 Å². The zero-order valence-electron chi connectivity index (χ0n) is 13.2. The van der Waals surface area contributed by atoms with Crippen LogP contribution in [-0.4, -0.2) is 39.1 Å². The molecule has 0 aliphatic carbocycles. The molecule has 0 aliphatic rings. The summed E-state index contributed by atoms with van der Waals surface area (Å²) in [6.45, 7) is 1.68. The van der Waals surface area contributed by atoms with Crippen molar-refractivity contribution < 1.29 is 23.0 Å². The lowest BCUT2D eigenvalue weighted by Crippen LogP contribution is -2.47. The van der Waals surface area contributed by atoms with Gasteiger partial charge >= 0.3 is 0 Å². The number of carbonyl (C=O) groups is 1. The van der Waals surface area contributed by atoms with Gasteiger partial charge in [0.2, 0.25) is 5.91 Å². The number of nitrogens with two attached hydrogens (primary N) is 1. The van der Waals surface area contributed by atoms with Gasteiger partial charge in [0, 0.05) is 0 Å². The van der Waals surface area contributed by atoms with Gasteiger partial charge in [-0.2, -0.15) is 0 Å². The quantitative estimate of drug-likeness (QED) is 0.803. The van der Waals surface area contributed by atoms with Gasteiger partial charge in [0.25, 0.3) is 5.92 Å². The predicted octanol–water partition coefficient (Wildman–Crippen LogP) is 1.69. The number of rotatable bonds is 7. The highest BCUT2D eigenvalue weighted by atomic mass is 19.3. The van der Waals surface area contributed by atoms with E-state index in [0.29, 0.717) is 17.1 Å². The number of ether oxygens (including phenoxy) is 2. The third-order valence-electron chi connectivity index (χ3n) is 3.48. The molecule has 5 nitrogen and oxygen atoms in total. The van der Waals surface area contributed by atoms with Crippen LogP contribution in [0.3, 0.4) is 0 Å². The molecular weight excluding hydrogens is 294 g/mol. The Labute approximate surface area is 128 Å². The summed E-state index contributed by atoms with van der Waals surface area (Å²) in [7, 11) is 2.99. The van der Waals surface area contributed by atoms with E-state index in [9.17, 15) is 13.6 Å². The molecule has 0 bridgehead atoms. The van der Waals surface area contributed by atoms with Gasteiger partial charge in [0.1, 0.15) is 0 Å². The Morgan fingerprint density at radius 1 is 1.23 bits per heavy atom. The van der Waals surface area contributed by atoms with Gasteiger partial charge in [-0.05, 0) is 31.5 Å². The first-order chi connectivity index (χ1) is 10.2. The third-order valence-corrected chi connectivity index (χ3v) is 3.48. The summed E-state index contributed by atoms with van der Waals surface area (Å²) in [5.74, 6) is -2.65. The maximum atomic E-state index is 13.1. The summed E-state index contributed by atoms with van der Waals surface area (Å²) in [6, 6.07) is 5.01. The van der Waals surface area contributed by atoms with E-state index in [2.05, 4.69) is 5.32 Å². The average Bonchev–Trinajstić information content (AvgIpc) is 2.51. The fourth-order valence-electron chi connectivity index (χ4n) is 1.86. The lowest BCUT2D eigenvalue weighted by molar-refractivity contribution is -0.127. The summed E-state index contributed by atoms with van der Waals surface area (Å²) in [5.41, 5.74) is 4.56. The largest absolute Gasteiger partial charge is 0.493 e. The molecule has 3 N–H and O–H groups in total. The lowest BCUT2D eigenvalue weighted by atomic mass is 9.83. The molecule has 1 rings (SSSR count). The molecule has 124 valence electrons. The molecule has 1 aromatic rings. The minimum Gasteiger partial charge on any atom is -0.493 e. The molecule has 0 saturated carbocycles. The van der Waals surface area contributed by atoms with E-state index in [-0.39, 0.29) is 0 Å². The molecule has 0 aromatic heterocycles. The zero-order chi connectivity index (χ0) is 17.0. The fourth-order valence-corrected chi connectivity index (χ4v) is 1.86. The van der Waals surface area contributed by atoms with E-state index in [1.807, 2.05) is 0 Å². The Morgan fingerprint density at radius 2 is 1.82 bits per heavy atom. The Morgan fingerprint density at radius 3 is 2.32 bits per heavy atom. The summed E-state index contributed by atoms with van der Waals surface area (Å²) >= 11 is 0. The lowest BCUT2D eigenvalue weighted by Gasteiger charge is -2.26. The number of methoxy groups -OCH3 is 2. The van der Waals surface area contributed by atoms with Crippen LogP contribution in [0.1, 0.15) is 19.4 Å². The van der Waals surface area contributed by atoms with Crippen molar-refractivity contribution >= 4 is 5.91 Å². The van der Waals surface area contributed by atoms with Gasteiger partial charge in [-0.25, -0.2) is 8.78 Å². The van der Waals surface area contributed by atoms with Crippen LogP contribution in [0.25, 0.3) is 0 Å². The van der Waals surface area contributed by atoms with Crippen molar-refractivity contribution in [1.29, 1.82) is 0 Å². The summed E-state index contributed by atoms with van der Waals surface area (Å²) in [5, 5.41) is 2.24. The number of halogens is 2. The molecule has 1 amide bonds. The highest BCUT2D eigenvalue weighted by Crippen LogP contribution is 2.33. The second-order valence-electron chi connectivity index (χ2n) is 5.44. The van der Waals surface area contributed by atoms with E-state index >= 15 is 0 Å². The van der Waals surface area contributed by atoms with Crippen molar-refractivity contribution in [3.8, 4) is 11.5 Å². The van der Waals surface area contributed by atoms with Crippen molar-refractivity contribution in [3.05, 3.63) is 23.8 Å². The smallest absolute Gasteiger partial charge is 0.277 e. The van der Waals surface area contributed by atoms with Gasteiger partial charge in [0.05, 0.1) is 32.7 Å². The Bertz CT molecular complexity index is 534. The summed E-state index contributed by atoms with van der Waals surface area (Å²) in [4.78, 5) is 12.2. The van der Waals surface area contributed by atoms with E-state index < -0.39 is 30.3 Å². The van der Waals surface area contributed by atoms with Crippen LogP contribution in [-0.2, 0) is 10.2 Å². The fraction of sp³-hybridized carbons (Fsp3) is 0.533. The molecule has 0 fully saturated rings. The molecule has 7 heteroatoms. The molecule has 0 saturated heterocycles. The molecular formula is C15H22F2N2O3. The van der Waals surface area contributed by atoms with Gasteiger partial charge < -0.3 is 20.5 Å². The van der Waals surface area contributed by atoms with Crippen LogP contribution in [0.4, 0.5) is 8.78 Å². The molecule has 0 heterocycles. The Kier molecular flexibility index (Phi) is 5.71. The SMILES string of the molecule is COc1ccc(C(C)(C)C(=O)NCC(F)(F)CN)cc1OC. The first-order valence-corrected chi connectivity index (χ1v) is 6.76. The maximum Gasteiger partial charge on any atom is 0.277 e. The Balaban J connectivity index is 2.95. The Hall–Kier alpha value is -1.89. The van der Waals surface area contributed by atoms with E-state index in [1.54, 1.807) is 32.0 Å². The van der Waals surface area contributed by atoms with Crippen LogP contribution in [0, 0.1) is 0 Å². The number of carbonyl (C=O) groups excluding carboxylic acids is 1. The molecule has 0 radical (unpaired) electrons. The molecule has 22 heavy (non-hydrogen) atoms. The van der Waals surface area contributed by atoms with Crippen LogP contribution >= 0.6 is 0 Å². The second-order valence-corrected chi connectivity index (χ2v) is 5.44. The first-order valence-electron chi connectivity index (χ1n) is 6.76. The van der Waals surface area contributed by atoms with Crippen LogP contribution in [0.15, 0.2) is 18.2 Å². The van der Waals surface area contributed by atoms with Crippen molar-refractivity contribution in [2.75, 3.05) is 27.3 Å². The number of alkyl halides is 2. The molecule has 0 aliphatic heterocycles. The molecule has 1 aromatic carbocycles. The molecule has 0 unspecified atom stereocenters. The van der Waals surface area contributed by atoms with Gasteiger partial charge in [-0.1, -0.05) is 6.07 Å². The number of nitrogens with one attached hydrogen (secondary N) is 1. The predicted molar refractivity (Wildman–Crippen MR) is 79.6 cm³/mol. The highest BCUT2D eigenvalue weighted by Gasteiger charge is 2.34. The van der Waals surface area contributed by atoms with Crippen LogP contribution in [0.5, 0.6) is 11.5 Å². The van der Waals surface area contributed by atoms with Crippen LogP contribution in [0.2, 0.25) is 0 Å². The minimum absolute atomic E-state index is 0.466. The van der Waals surface area contributed by atoms with Gasteiger partial charge in [-0.15, -0.1) is 0 Å². The first kappa shape index (κ1) is 18.2. The topological polar surface area (TPSA) is 73.6 Å². The molecule has 0 atom stereocenters. The van der Waals surface area contributed by atoms with Crippen molar-refractivity contribution in [1.82, 2.24) is 5.32 Å². The number of benzene rings is 1. The third kappa shape index (κ3) is 4.07. The van der Waals surface area contributed by atoms with E-state index in [4.69, 9.17) is 15.2 Å². The monoisotopic (exact) mass is 316 g/mol. The van der Waals surface area contributed by atoms with Crippen molar-refractivity contribution in [3.63, 3.8) is 0 Å². The van der Waals surface area contributed by atoms with E-state index in [1.165, 1.54) is 14.2 Å². The second kappa shape index (κ2) is 6.91. The van der Waals surface area contributed by atoms with Crippen molar-refractivity contribution in [2.45, 2.75) is 25.2 Å². The number of hydrogen-bond acceptors (Lipinski definition) is 4. The maximum absolute atomic E-state index is 13.1. The van der Waals surface area contributed by atoms with Gasteiger partial charge in [-0.3, -0.25) is 4.79 Å². The number of amides is 1. The standard InChI is InChI=1S/C15H22F2N2O3/c1-14(2,13(20)19-9-15(16,17)8-18)10-5-6-11(21-3)12(7-10)22-4/h5-7H,8-9,18H2,1-4H3,(H,19,20). The normalized spacial score (nSPS) is 12.0. The zero-order valence-corrected chi connectivity index (χ0v) is 13.2. The summed E-state index contributed by atoms with van der Waals surface area (Å²) in [6.07, 6.45) is 0. The van der Waals surface area contributed by atoms with Crippen molar-refractivity contribution in [2.24, 2.45) is 5.73 Å². The number of hydrogen-bond donors (Lipinski definition) is 2. The summed E-state index contributed by atoms with van der Waals surface area (Å²) < 4.78 is 36.6. The highest BCUT2D eigenvalue weighted by molar-refractivity contribution is 5.87. The van der Waals surface area contributed by atoms with Crippen LogP contribution < -0.4 is 20.5 Å². The van der Waals surface area contributed by atoms with Gasteiger partial charge in [0.15, 0.2) is 11.5 Å². The average molecular weight is 316 g/mol.